The molecule has 1 N–H and O–H groups in total. The molecule has 0 spiro atoms. The van der Waals surface area contributed by atoms with Crippen LogP contribution >= 0.6 is 0 Å². The Bertz CT molecular complexity index is 406. The van der Waals surface area contributed by atoms with Gasteiger partial charge in [-0.25, -0.2) is 4.39 Å². The van der Waals surface area contributed by atoms with Crippen molar-refractivity contribution in [3.05, 3.63) is 29.6 Å². The van der Waals surface area contributed by atoms with E-state index >= 15 is 0 Å². The Kier molecular flexibility index (Phi) is 5.20. The molecule has 0 radical (unpaired) electrons. The van der Waals surface area contributed by atoms with E-state index in [-0.39, 0.29) is 5.82 Å². The van der Waals surface area contributed by atoms with E-state index in [2.05, 4.69) is 24.1 Å². The van der Waals surface area contributed by atoms with E-state index in [1.54, 1.807) is 6.07 Å². The Labute approximate surface area is 116 Å². The first kappa shape index (κ1) is 14.3. The van der Waals surface area contributed by atoms with Gasteiger partial charge >= 0.3 is 0 Å². The minimum atomic E-state index is -0.0787. The standard InChI is InChI=1S/C16H25FN2/c1-3-18-12-14-7-4-8-15(17)16(14)19-10-5-6-13(2)9-11-19/h4,7-8,13,18H,3,5-6,9-12H2,1-2H3. The topological polar surface area (TPSA) is 15.3 Å². The fourth-order valence-electron chi connectivity index (χ4n) is 2.80. The number of halogens is 1. The van der Waals surface area contributed by atoms with Crippen molar-refractivity contribution in [1.29, 1.82) is 0 Å². The van der Waals surface area contributed by atoms with E-state index in [4.69, 9.17) is 0 Å². The van der Waals surface area contributed by atoms with Gasteiger partial charge in [-0.2, -0.15) is 0 Å². The molecule has 1 unspecified atom stereocenters. The summed E-state index contributed by atoms with van der Waals surface area (Å²) in [6.07, 6.45) is 3.58. The molecule has 1 aliphatic heterocycles. The number of hydrogen-bond donors (Lipinski definition) is 1. The molecule has 0 bridgehead atoms. The van der Waals surface area contributed by atoms with E-state index in [1.807, 2.05) is 12.1 Å². The Morgan fingerprint density at radius 3 is 2.95 bits per heavy atom. The Balaban J connectivity index is 2.21. The lowest BCUT2D eigenvalue weighted by molar-refractivity contribution is 0.520. The predicted molar refractivity (Wildman–Crippen MR) is 79.0 cm³/mol. The molecule has 1 atom stereocenters. The molecule has 106 valence electrons. The molecule has 2 rings (SSSR count). The average Bonchev–Trinajstić information content (AvgIpc) is 2.61. The van der Waals surface area contributed by atoms with Crippen molar-refractivity contribution in [2.45, 2.75) is 39.7 Å². The molecule has 2 nitrogen and oxygen atoms in total. The van der Waals surface area contributed by atoms with E-state index in [1.165, 1.54) is 6.42 Å². The van der Waals surface area contributed by atoms with Gasteiger partial charge in [-0.15, -0.1) is 0 Å². The number of para-hydroxylation sites is 1. The first-order valence-corrected chi connectivity index (χ1v) is 7.45. The van der Waals surface area contributed by atoms with Crippen LogP contribution in [0.2, 0.25) is 0 Å². The van der Waals surface area contributed by atoms with Gasteiger partial charge in [-0.1, -0.05) is 26.0 Å². The molecule has 1 fully saturated rings. The minimum absolute atomic E-state index is 0.0787. The van der Waals surface area contributed by atoms with Gasteiger partial charge in [-0.05, 0) is 43.4 Å². The van der Waals surface area contributed by atoms with Crippen LogP contribution < -0.4 is 10.2 Å². The van der Waals surface area contributed by atoms with Crippen molar-refractivity contribution in [3.63, 3.8) is 0 Å². The highest BCUT2D eigenvalue weighted by Crippen LogP contribution is 2.28. The van der Waals surface area contributed by atoms with Gasteiger partial charge in [-0.3, -0.25) is 0 Å². The molecule has 1 heterocycles. The van der Waals surface area contributed by atoms with Crippen LogP contribution in [0.15, 0.2) is 18.2 Å². The summed E-state index contributed by atoms with van der Waals surface area (Å²) in [6.45, 7) is 7.98. The van der Waals surface area contributed by atoms with Gasteiger partial charge in [0.1, 0.15) is 5.82 Å². The number of rotatable bonds is 4. The maximum Gasteiger partial charge on any atom is 0.146 e. The summed E-state index contributed by atoms with van der Waals surface area (Å²) >= 11 is 0. The monoisotopic (exact) mass is 264 g/mol. The highest BCUT2D eigenvalue weighted by atomic mass is 19.1. The molecule has 1 saturated heterocycles. The van der Waals surface area contributed by atoms with Crippen LogP contribution in [-0.2, 0) is 6.54 Å². The second-order valence-electron chi connectivity index (χ2n) is 5.55. The molecule has 0 aromatic heterocycles. The number of nitrogens with zero attached hydrogens (tertiary/aromatic N) is 1. The first-order valence-electron chi connectivity index (χ1n) is 7.45. The van der Waals surface area contributed by atoms with Crippen molar-refractivity contribution >= 4 is 5.69 Å². The summed E-state index contributed by atoms with van der Waals surface area (Å²) in [4.78, 5) is 2.24. The molecule has 0 aliphatic carbocycles. The smallest absolute Gasteiger partial charge is 0.146 e. The van der Waals surface area contributed by atoms with Crippen molar-refractivity contribution in [2.75, 3.05) is 24.5 Å². The van der Waals surface area contributed by atoms with Gasteiger partial charge < -0.3 is 10.2 Å². The van der Waals surface area contributed by atoms with E-state index in [9.17, 15) is 4.39 Å². The van der Waals surface area contributed by atoms with Crippen molar-refractivity contribution < 1.29 is 4.39 Å². The van der Waals surface area contributed by atoms with Crippen LogP contribution in [0.3, 0.4) is 0 Å². The normalized spacial score (nSPS) is 20.4. The fraction of sp³-hybridized carbons (Fsp3) is 0.625. The molecule has 0 amide bonds. The summed E-state index contributed by atoms with van der Waals surface area (Å²) in [5.74, 6) is 0.680. The van der Waals surface area contributed by atoms with Gasteiger partial charge in [0.25, 0.3) is 0 Å². The summed E-state index contributed by atoms with van der Waals surface area (Å²) in [5, 5.41) is 3.30. The van der Waals surface area contributed by atoms with Crippen molar-refractivity contribution in [1.82, 2.24) is 5.32 Å². The zero-order valence-corrected chi connectivity index (χ0v) is 12.1. The van der Waals surface area contributed by atoms with Crippen LogP contribution in [-0.4, -0.2) is 19.6 Å². The average molecular weight is 264 g/mol. The second kappa shape index (κ2) is 6.90. The molecule has 0 saturated carbocycles. The number of anilines is 1. The number of benzene rings is 1. The lowest BCUT2D eigenvalue weighted by Gasteiger charge is -2.26. The van der Waals surface area contributed by atoms with Gasteiger partial charge in [0, 0.05) is 19.6 Å². The summed E-state index contributed by atoms with van der Waals surface area (Å²) < 4.78 is 14.2. The third-order valence-corrected chi connectivity index (χ3v) is 3.97. The molecule has 1 aliphatic rings. The van der Waals surface area contributed by atoms with Crippen molar-refractivity contribution in [3.8, 4) is 0 Å². The molecule has 19 heavy (non-hydrogen) atoms. The Morgan fingerprint density at radius 1 is 1.32 bits per heavy atom. The third kappa shape index (κ3) is 3.69. The Hall–Kier alpha value is -1.09. The maximum atomic E-state index is 14.2. The van der Waals surface area contributed by atoms with Crippen LogP contribution in [0.1, 0.15) is 38.7 Å². The third-order valence-electron chi connectivity index (χ3n) is 3.97. The second-order valence-corrected chi connectivity index (χ2v) is 5.55. The fourth-order valence-corrected chi connectivity index (χ4v) is 2.80. The van der Waals surface area contributed by atoms with Crippen molar-refractivity contribution in [2.24, 2.45) is 5.92 Å². The molecular weight excluding hydrogens is 239 g/mol. The lowest BCUT2D eigenvalue weighted by Crippen LogP contribution is -2.27. The van der Waals surface area contributed by atoms with E-state index in [0.717, 1.165) is 56.2 Å². The number of hydrogen-bond acceptors (Lipinski definition) is 2. The summed E-state index contributed by atoms with van der Waals surface area (Å²) in [6, 6.07) is 5.43. The SMILES string of the molecule is CCNCc1cccc(F)c1N1CCCC(C)CC1. The summed E-state index contributed by atoms with van der Waals surface area (Å²) in [5.41, 5.74) is 1.90. The Morgan fingerprint density at radius 2 is 2.16 bits per heavy atom. The summed E-state index contributed by atoms with van der Waals surface area (Å²) in [7, 11) is 0. The van der Waals surface area contributed by atoms with Gasteiger partial charge in [0.15, 0.2) is 0 Å². The van der Waals surface area contributed by atoms with E-state index < -0.39 is 0 Å². The van der Waals surface area contributed by atoms with Gasteiger partial charge in [0.05, 0.1) is 5.69 Å². The lowest BCUT2D eigenvalue weighted by atomic mass is 10.0. The van der Waals surface area contributed by atoms with Crippen LogP contribution in [0, 0.1) is 11.7 Å². The number of nitrogens with one attached hydrogen (secondary N) is 1. The quantitative estimate of drug-likeness (QED) is 0.894. The molecule has 1 aromatic rings. The van der Waals surface area contributed by atoms with E-state index in [0.29, 0.717) is 0 Å². The molecule has 3 heteroatoms. The highest BCUT2D eigenvalue weighted by molar-refractivity contribution is 5.55. The van der Waals surface area contributed by atoms with Crippen LogP contribution in [0.4, 0.5) is 10.1 Å². The zero-order valence-electron chi connectivity index (χ0n) is 12.1. The molecular formula is C16H25FN2. The highest BCUT2D eigenvalue weighted by Gasteiger charge is 2.19. The largest absolute Gasteiger partial charge is 0.369 e. The van der Waals surface area contributed by atoms with Gasteiger partial charge in [0.2, 0.25) is 0 Å². The maximum absolute atomic E-state index is 14.2. The minimum Gasteiger partial charge on any atom is -0.369 e. The van der Waals surface area contributed by atoms with Crippen LogP contribution in [0.25, 0.3) is 0 Å². The first-order chi connectivity index (χ1) is 9.22. The predicted octanol–water partition coefficient (Wildman–Crippen LogP) is 3.56. The molecule has 1 aromatic carbocycles. The van der Waals surface area contributed by atoms with Crippen LogP contribution in [0.5, 0.6) is 0 Å². The zero-order chi connectivity index (χ0) is 13.7.